The third kappa shape index (κ3) is 5.98. The van der Waals surface area contributed by atoms with Gasteiger partial charge in [-0.1, -0.05) is 23.7 Å². The highest BCUT2D eigenvalue weighted by Crippen LogP contribution is 2.28. The first-order chi connectivity index (χ1) is 12.6. The highest BCUT2D eigenvalue weighted by atomic mass is 35.5. The summed E-state index contributed by atoms with van der Waals surface area (Å²) in [4.78, 5) is 4.10. The molecule has 0 spiro atoms. The molecule has 0 saturated carbocycles. The van der Waals surface area contributed by atoms with Gasteiger partial charge in [-0.15, -0.1) is 0 Å². The van der Waals surface area contributed by atoms with Crippen molar-refractivity contribution in [2.24, 2.45) is 4.99 Å². The number of alkyl halides is 3. The Morgan fingerprint density at radius 2 is 1.85 bits per heavy atom. The fourth-order valence-corrected chi connectivity index (χ4v) is 3.86. The molecule has 0 radical (unpaired) electrons. The Morgan fingerprint density at radius 3 is 2.37 bits per heavy atom. The maximum absolute atomic E-state index is 12.6. The largest absolute Gasteiger partial charge is 0.511 e. The van der Waals surface area contributed by atoms with Crippen molar-refractivity contribution in [1.29, 1.82) is 0 Å². The Morgan fingerprint density at radius 1 is 1.26 bits per heavy atom. The number of nitrogens with zero attached hydrogens (tertiary/aromatic N) is 2. The smallest absolute Gasteiger partial charge is 0.356 e. The van der Waals surface area contributed by atoms with Crippen molar-refractivity contribution in [3.63, 3.8) is 0 Å². The molecule has 0 aliphatic carbocycles. The molecule has 1 aliphatic rings. The summed E-state index contributed by atoms with van der Waals surface area (Å²) in [6.45, 7) is 0.255. The standard InChI is InChI=1S/C16H22ClF3N4O2S/c1-21-15(22-9-6-12-2-4-13(17)5-3-12)23-14-7-10-24(11-8-14)27(25,26)16(18,19)20/h2-5,14H,6-11H2,1H3,(H2,21,22,23). The van der Waals surface area contributed by atoms with E-state index in [-0.39, 0.29) is 32.0 Å². The third-order valence-electron chi connectivity index (χ3n) is 4.27. The van der Waals surface area contributed by atoms with E-state index >= 15 is 0 Å². The van der Waals surface area contributed by atoms with Crippen LogP contribution in [0.2, 0.25) is 5.02 Å². The Balaban J connectivity index is 1.78. The van der Waals surface area contributed by atoms with Gasteiger partial charge in [0.25, 0.3) is 0 Å². The van der Waals surface area contributed by atoms with Gasteiger partial charge in [-0.05, 0) is 37.0 Å². The molecule has 0 unspecified atom stereocenters. The van der Waals surface area contributed by atoms with Crippen molar-refractivity contribution < 1.29 is 21.6 Å². The summed E-state index contributed by atoms with van der Waals surface area (Å²) in [5.41, 5.74) is -4.15. The molecule has 0 bridgehead atoms. The quantitative estimate of drug-likeness (QED) is 0.560. The second-order valence-corrected chi connectivity index (χ2v) is 8.51. The molecule has 11 heteroatoms. The summed E-state index contributed by atoms with van der Waals surface area (Å²) in [6, 6.07) is 7.33. The van der Waals surface area contributed by atoms with E-state index in [1.165, 1.54) is 0 Å². The first kappa shape index (κ1) is 21.8. The van der Waals surface area contributed by atoms with Crippen molar-refractivity contribution in [3.05, 3.63) is 34.9 Å². The molecule has 27 heavy (non-hydrogen) atoms. The summed E-state index contributed by atoms with van der Waals surface area (Å²) in [5.74, 6) is 0.529. The first-order valence-electron chi connectivity index (χ1n) is 8.41. The number of benzene rings is 1. The minimum Gasteiger partial charge on any atom is -0.356 e. The van der Waals surface area contributed by atoms with Gasteiger partial charge < -0.3 is 10.6 Å². The lowest BCUT2D eigenvalue weighted by atomic mass is 10.1. The maximum Gasteiger partial charge on any atom is 0.511 e. The van der Waals surface area contributed by atoms with Gasteiger partial charge in [-0.2, -0.15) is 17.5 Å². The van der Waals surface area contributed by atoms with Crippen molar-refractivity contribution in [2.45, 2.75) is 30.8 Å². The predicted molar refractivity (Wildman–Crippen MR) is 99.2 cm³/mol. The van der Waals surface area contributed by atoms with E-state index < -0.39 is 15.5 Å². The van der Waals surface area contributed by atoms with E-state index in [2.05, 4.69) is 15.6 Å². The van der Waals surface area contributed by atoms with E-state index in [1.807, 2.05) is 24.3 Å². The van der Waals surface area contributed by atoms with E-state index in [0.29, 0.717) is 21.8 Å². The third-order valence-corrected chi connectivity index (χ3v) is 6.15. The lowest BCUT2D eigenvalue weighted by molar-refractivity contribution is -0.0494. The van der Waals surface area contributed by atoms with Gasteiger partial charge in [-0.25, -0.2) is 8.42 Å². The minimum atomic E-state index is -5.26. The van der Waals surface area contributed by atoms with Crippen LogP contribution in [0.15, 0.2) is 29.3 Å². The molecule has 1 heterocycles. The summed E-state index contributed by atoms with van der Waals surface area (Å²) >= 11 is 5.84. The first-order valence-corrected chi connectivity index (χ1v) is 10.2. The zero-order valence-corrected chi connectivity index (χ0v) is 16.3. The summed E-state index contributed by atoms with van der Waals surface area (Å²) in [7, 11) is -3.66. The van der Waals surface area contributed by atoms with Crippen LogP contribution in [0.4, 0.5) is 13.2 Å². The van der Waals surface area contributed by atoms with Gasteiger partial charge in [0.1, 0.15) is 0 Å². The SMILES string of the molecule is CN=C(NCCc1ccc(Cl)cc1)NC1CCN(S(=O)(=O)C(F)(F)F)CC1. The fourth-order valence-electron chi connectivity index (χ4n) is 2.75. The fraction of sp³-hybridized carbons (Fsp3) is 0.562. The number of piperidine rings is 1. The number of hydrogen-bond donors (Lipinski definition) is 2. The van der Waals surface area contributed by atoms with Crippen molar-refractivity contribution in [1.82, 2.24) is 14.9 Å². The topological polar surface area (TPSA) is 73.8 Å². The molecule has 0 aromatic heterocycles. The van der Waals surface area contributed by atoms with Crippen LogP contribution in [0.5, 0.6) is 0 Å². The molecule has 1 saturated heterocycles. The van der Waals surface area contributed by atoms with E-state index in [4.69, 9.17) is 11.6 Å². The molecule has 152 valence electrons. The molecule has 2 N–H and O–H groups in total. The molecule has 2 rings (SSSR count). The van der Waals surface area contributed by atoms with Crippen LogP contribution in [-0.4, -0.2) is 56.9 Å². The van der Waals surface area contributed by atoms with Gasteiger partial charge in [0.15, 0.2) is 5.96 Å². The molecule has 1 fully saturated rings. The highest BCUT2D eigenvalue weighted by Gasteiger charge is 2.50. The van der Waals surface area contributed by atoms with Crippen LogP contribution in [0.1, 0.15) is 18.4 Å². The van der Waals surface area contributed by atoms with Gasteiger partial charge in [0.2, 0.25) is 0 Å². The number of guanidine groups is 1. The lowest BCUT2D eigenvalue weighted by Crippen LogP contribution is -2.51. The molecule has 1 aromatic rings. The van der Waals surface area contributed by atoms with Gasteiger partial charge in [-0.3, -0.25) is 4.99 Å². The average molecular weight is 427 g/mol. The maximum atomic E-state index is 12.6. The van der Waals surface area contributed by atoms with Crippen LogP contribution < -0.4 is 10.6 Å². The lowest BCUT2D eigenvalue weighted by Gasteiger charge is -2.32. The minimum absolute atomic E-state index is 0.147. The molecule has 6 nitrogen and oxygen atoms in total. The Bertz CT molecular complexity index is 746. The van der Waals surface area contributed by atoms with Crippen LogP contribution in [0.25, 0.3) is 0 Å². The van der Waals surface area contributed by atoms with E-state index in [1.54, 1.807) is 7.05 Å². The van der Waals surface area contributed by atoms with Crippen molar-refractivity contribution in [2.75, 3.05) is 26.7 Å². The number of aliphatic imine (C=N–C) groups is 1. The Hall–Kier alpha value is -1.52. The second kappa shape index (κ2) is 9.11. The average Bonchev–Trinajstić information content (AvgIpc) is 2.62. The Labute approximate surface area is 161 Å². The molecule has 1 aromatic carbocycles. The van der Waals surface area contributed by atoms with Gasteiger partial charge in [0.05, 0.1) is 0 Å². The van der Waals surface area contributed by atoms with E-state index in [0.717, 1.165) is 12.0 Å². The van der Waals surface area contributed by atoms with Crippen LogP contribution in [-0.2, 0) is 16.4 Å². The molecule has 0 atom stereocenters. The number of nitrogens with one attached hydrogen (secondary N) is 2. The zero-order chi connectivity index (χ0) is 20.1. The summed E-state index contributed by atoms with van der Waals surface area (Å²) in [5, 5.41) is 6.94. The molecule has 0 amide bonds. The van der Waals surface area contributed by atoms with Crippen LogP contribution >= 0.6 is 11.6 Å². The van der Waals surface area contributed by atoms with Crippen molar-refractivity contribution in [3.8, 4) is 0 Å². The normalized spacial score (nSPS) is 17.7. The summed E-state index contributed by atoms with van der Waals surface area (Å²) in [6.07, 6.45) is 1.29. The highest BCUT2D eigenvalue weighted by molar-refractivity contribution is 7.90. The monoisotopic (exact) mass is 426 g/mol. The number of rotatable bonds is 5. The van der Waals surface area contributed by atoms with Crippen LogP contribution in [0, 0.1) is 0 Å². The number of halogens is 4. The van der Waals surface area contributed by atoms with E-state index in [9.17, 15) is 21.6 Å². The molecule has 1 aliphatic heterocycles. The van der Waals surface area contributed by atoms with Crippen LogP contribution in [0.3, 0.4) is 0 Å². The molecular formula is C16H22ClF3N4O2S. The number of hydrogen-bond acceptors (Lipinski definition) is 3. The Kier molecular flexibility index (Phi) is 7.35. The second-order valence-electron chi connectivity index (χ2n) is 6.14. The summed E-state index contributed by atoms with van der Waals surface area (Å²) < 4.78 is 61.1. The van der Waals surface area contributed by atoms with Crippen molar-refractivity contribution >= 4 is 27.6 Å². The molecular weight excluding hydrogens is 405 g/mol. The van der Waals surface area contributed by atoms with Gasteiger partial charge >= 0.3 is 15.5 Å². The predicted octanol–water partition coefficient (Wildman–Crippen LogP) is 2.36. The number of sulfonamides is 1. The zero-order valence-electron chi connectivity index (χ0n) is 14.8. The van der Waals surface area contributed by atoms with Gasteiger partial charge in [0, 0.05) is 37.7 Å².